The number of carboxylic acid groups (broad SMARTS) is 1. The lowest BCUT2D eigenvalue weighted by molar-refractivity contribution is 0.103. The number of ketones is 1. The molecule has 3 aromatic rings. The van der Waals surface area contributed by atoms with Crippen LogP contribution in [-0.2, 0) is 0 Å². The summed E-state index contributed by atoms with van der Waals surface area (Å²) in [6.45, 7) is 3.61. The van der Waals surface area contributed by atoms with Crippen molar-refractivity contribution in [3.8, 4) is 5.88 Å². The molecule has 0 radical (unpaired) electrons. The second-order valence-corrected chi connectivity index (χ2v) is 6.31. The van der Waals surface area contributed by atoms with E-state index < -0.39 is 35.1 Å². The summed E-state index contributed by atoms with van der Waals surface area (Å²) in [5.74, 6) is -2.64. The Hall–Kier alpha value is -3.55. The fourth-order valence-corrected chi connectivity index (χ4v) is 3.09. The summed E-state index contributed by atoms with van der Waals surface area (Å²) in [6, 6.07) is 7.40. The van der Waals surface area contributed by atoms with Crippen LogP contribution in [0, 0.1) is 11.6 Å². The minimum Gasteiger partial charge on any atom is -0.478 e. The number of halogens is 2. The summed E-state index contributed by atoms with van der Waals surface area (Å²) in [4.78, 5) is 27.8. The van der Waals surface area contributed by atoms with Crippen molar-refractivity contribution in [3.05, 3.63) is 70.9 Å². The second kappa shape index (κ2) is 8.22. The number of rotatable bonds is 6. The van der Waals surface area contributed by atoms with Gasteiger partial charge in [0.25, 0.3) is 0 Å². The minimum absolute atomic E-state index is 0.0692. The summed E-state index contributed by atoms with van der Waals surface area (Å²) in [6.07, 6.45) is 0.132. The molecule has 1 atom stereocenters. The molecule has 29 heavy (non-hydrogen) atoms. The Morgan fingerprint density at radius 1 is 1.17 bits per heavy atom. The normalized spacial score (nSPS) is 11.9. The van der Waals surface area contributed by atoms with Gasteiger partial charge in [0.05, 0.1) is 18.2 Å². The van der Waals surface area contributed by atoms with Gasteiger partial charge in [-0.05, 0) is 49.1 Å². The van der Waals surface area contributed by atoms with Gasteiger partial charge in [0, 0.05) is 17.1 Å². The lowest BCUT2D eigenvalue weighted by atomic mass is 9.95. The first-order chi connectivity index (χ1) is 13.8. The van der Waals surface area contributed by atoms with Crippen LogP contribution in [0.2, 0.25) is 0 Å². The minimum atomic E-state index is -1.33. The van der Waals surface area contributed by atoms with Gasteiger partial charge in [0.15, 0.2) is 5.78 Å². The average Bonchev–Trinajstić information content (AvgIpc) is 2.66. The highest BCUT2D eigenvalue weighted by molar-refractivity contribution is 6.17. The number of hydrogen-bond donors (Lipinski definition) is 2. The molecule has 1 heterocycles. The SMILES string of the molecule is CCOc1nccc2c(C(=O)c3c(F)cc(C(C)NC(=O)O)cc3F)cccc12. The largest absolute Gasteiger partial charge is 0.478 e. The number of ether oxygens (including phenoxy) is 1. The van der Waals surface area contributed by atoms with Gasteiger partial charge in [0.1, 0.15) is 11.6 Å². The average molecular weight is 400 g/mol. The predicted octanol–water partition coefficient (Wildman–Crippen LogP) is 4.47. The number of hydrogen-bond acceptors (Lipinski definition) is 4. The molecule has 1 unspecified atom stereocenters. The predicted molar refractivity (Wildman–Crippen MR) is 102 cm³/mol. The van der Waals surface area contributed by atoms with E-state index in [0.29, 0.717) is 23.3 Å². The Kier molecular flexibility index (Phi) is 5.72. The molecule has 1 aromatic heterocycles. The van der Waals surface area contributed by atoms with Gasteiger partial charge in [-0.3, -0.25) is 4.79 Å². The van der Waals surface area contributed by atoms with E-state index >= 15 is 0 Å². The van der Waals surface area contributed by atoms with Crippen molar-refractivity contribution in [1.29, 1.82) is 0 Å². The van der Waals surface area contributed by atoms with Crippen molar-refractivity contribution in [2.45, 2.75) is 19.9 Å². The van der Waals surface area contributed by atoms with Crippen molar-refractivity contribution >= 4 is 22.6 Å². The van der Waals surface area contributed by atoms with Gasteiger partial charge >= 0.3 is 6.09 Å². The molecule has 0 aliphatic heterocycles. The first kappa shape index (κ1) is 20.2. The molecule has 0 bridgehead atoms. The molecule has 8 heteroatoms. The van der Waals surface area contributed by atoms with Gasteiger partial charge in [-0.1, -0.05) is 12.1 Å². The zero-order valence-corrected chi connectivity index (χ0v) is 15.7. The van der Waals surface area contributed by atoms with Gasteiger partial charge in [-0.25, -0.2) is 18.6 Å². The maximum absolute atomic E-state index is 14.7. The molecule has 1 amide bonds. The summed E-state index contributed by atoms with van der Waals surface area (Å²) < 4.78 is 34.8. The van der Waals surface area contributed by atoms with Gasteiger partial charge in [-0.15, -0.1) is 0 Å². The van der Waals surface area contributed by atoms with E-state index in [1.54, 1.807) is 25.1 Å². The third kappa shape index (κ3) is 4.01. The quantitative estimate of drug-likeness (QED) is 0.596. The number of fused-ring (bicyclic) bond motifs is 1. The molecule has 0 spiro atoms. The van der Waals surface area contributed by atoms with Crippen LogP contribution in [0.1, 0.15) is 41.4 Å². The maximum atomic E-state index is 14.7. The molecule has 150 valence electrons. The van der Waals surface area contributed by atoms with Gasteiger partial charge in [0.2, 0.25) is 5.88 Å². The maximum Gasteiger partial charge on any atom is 0.405 e. The van der Waals surface area contributed by atoms with Gasteiger partial charge in [-0.2, -0.15) is 0 Å². The number of benzene rings is 2. The van der Waals surface area contributed by atoms with Crippen LogP contribution in [0.5, 0.6) is 5.88 Å². The fourth-order valence-electron chi connectivity index (χ4n) is 3.09. The van der Waals surface area contributed by atoms with Crippen LogP contribution in [0.4, 0.5) is 13.6 Å². The fraction of sp³-hybridized carbons (Fsp3) is 0.190. The molecule has 0 saturated carbocycles. The van der Waals surface area contributed by atoms with E-state index in [1.165, 1.54) is 19.2 Å². The number of carbonyl (C=O) groups excluding carboxylic acids is 1. The molecule has 0 aliphatic carbocycles. The van der Waals surface area contributed by atoms with Gasteiger partial charge < -0.3 is 15.2 Å². The highest BCUT2D eigenvalue weighted by Crippen LogP contribution is 2.29. The molecular weight excluding hydrogens is 382 g/mol. The highest BCUT2D eigenvalue weighted by atomic mass is 19.1. The second-order valence-electron chi connectivity index (χ2n) is 6.31. The van der Waals surface area contributed by atoms with E-state index in [-0.39, 0.29) is 11.1 Å². The van der Waals surface area contributed by atoms with Crippen LogP contribution in [0.15, 0.2) is 42.6 Å². The summed E-state index contributed by atoms with van der Waals surface area (Å²) >= 11 is 0. The van der Waals surface area contributed by atoms with Crippen molar-refractivity contribution in [1.82, 2.24) is 10.3 Å². The molecule has 2 aromatic carbocycles. The highest BCUT2D eigenvalue weighted by Gasteiger charge is 2.24. The van der Waals surface area contributed by atoms with Crippen LogP contribution in [-0.4, -0.2) is 28.6 Å². The number of aromatic nitrogens is 1. The first-order valence-corrected chi connectivity index (χ1v) is 8.87. The number of pyridine rings is 1. The van der Waals surface area contributed by atoms with Crippen LogP contribution < -0.4 is 10.1 Å². The topological polar surface area (TPSA) is 88.5 Å². The Bertz CT molecular complexity index is 1080. The number of nitrogens with one attached hydrogen (secondary N) is 1. The zero-order chi connectivity index (χ0) is 21.1. The third-order valence-corrected chi connectivity index (χ3v) is 4.43. The number of nitrogens with zero attached hydrogens (tertiary/aromatic N) is 1. The Balaban J connectivity index is 2.07. The number of carbonyl (C=O) groups is 2. The molecule has 0 aliphatic rings. The summed E-state index contributed by atoms with van der Waals surface area (Å²) in [5.41, 5.74) is -0.536. The smallest absolute Gasteiger partial charge is 0.405 e. The van der Waals surface area contributed by atoms with Crippen LogP contribution in [0.3, 0.4) is 0 Å². The van der Waals surface area contributed by atoms with Crippen LogP contribution in [0.25, 0.3) is 10.8 Å². The van der Waals surface area contributed by atoms with E-state index in [2.05, 4.69) is 10.3 Å². The summed E-state index contributed by atoms with van der Waals surface area (Å²) in [5, 5.41) is 11.9. The van der Waals surface area contributed by atoms with E-state index in [4.69, 9.17) is 9.84 Å². The monoisotopic (exact) mass is 400 g/mol. The Labute approximate surface area is 165 Å². The molecule has 6 nitrogen and oxygen atoms in total. The standard InChI is InChI=1S/C21H18F2N2O4/c1-3-29-20-15-6-4-5-14(13(15)7-8-24-20)19(26)18-16(22)9-12(10-17(18)23)11(2)25-21(27)28/h4-11,25H,3H2,1-2H3,(H,27,28). The summed E-state index contributed by atoms with van der Waals surface area (Å²) in [7, 11) is 0. The molecular formula is C21H18F2N2O4. The lowest BCUT2D eigenvalue weighted by Crippen LogP contribution is -2.25. The van der Waals surface area contributed by atoms with Crippen molar-refractivity contribution in [2.24, 2.45) is 0 Å². The van der Waals surface area contributed by atoms with Crippen molar-refractivity contribution in [2.75, 3.05) is 6.61 Å². The van der Waals surface area contributed by atoms with E-state index in [0.717, 1.165) is 12.1 Å². The Morgan fingerprint density at radius 2 is 1.86 bits per heavy atom. The third-order valence-electron chi connectivity index (χ3n) is 4.43. The molecule has 0 saturated heterocycles. The van der Waals surface area contributed by atoms with E-state index in [9.17, 15) is 18.4 Å². The molecule has 0 fully saturated rings. The van der Waals surface area contributed by atoms with Crippen molar-refractivity contribution in [3.63, 3.8) is 0 Å². The zero-order valence-electron chi connectivity index (χ0n) is 15.7. The van der Waals surface area contributed by atoms with E-state index in [1.807, 2.05) is 0 Å². The van der Waals surface area contributed by atoms with Crippen molar-refractivity contribution < 1.29 is 28.2 Å². The molecule has 2 N–H and O–H groups in total. The lowest BCUT2D eigenvalue weighted by Gasteiger charge is -2.14. The Morgan fingerprint density at radius 3 is 2.48 bits per heavy atom. The van der Waals surface area contributed by atoms with Crippen LogP contribution >= 0.6 is 0 Å². The molecule has 3 rings (SSSR count). The number of amides is 1. The first-order valence-electron chi connectivity index (χ1n) is 8.87.